The van der Waals surface area contributed by atoms with Crippen molar-refractivity contribution in [2.45, 2.75) is 6.92 Å². The maximum absolute atomic E-state index is 12.3. The average Bonchev–Trinajstić information content (AvgIpc) is 3.01. The molecule has 1 amide bonds. The highest BCUT2D eigenvalue weighted by Crippen LogP contribution is 2.40. The maximum Gasteiger partial charge on any atom is 0.266 e. The fraction of sp³-hybridized carbons (Fsp3) is 0.111. The lowest BCUT2D eigenvalue weighted by atomic mass is 10.1. The van der Waals surface area contributed by atoms with Crippen LogP contribution in [0.15, 0.2) is 46.4 Å². The zero-order valence-corrected chi connectivity index (χ0v) is 14.4. The second kappa shape index (κ2) is 6.77. The minimum Gasteiger partial charge on any atom is -0.454 e. The SMILES string of the molecule is Cc1cccc(NC(=O)/C(C#N)=C/c2cc(Br)c3c(c2)OCO3)c1. The molecule has 0 unspecified atom stereocenters. The Labute approximate surface area is 147 Å². The second-order valence-electron chi connectivity index (χ2n) is 5.23. The molecule has 1 N–H and O–H groups in total. The summed E-state index contributed by atoms with van der Waals surface area (Å²) in [6.07, 6.45) is 1.51. The van der Waals surface area contributed by atoms with Crippen LogP contribution in [-0.4, -0.2) is 12.7 Å². The van der Waals surface area contributed by atoms with Gasteiger partial charge in [0.25, 0.3) is 5.91 Å². The fourth-order valence-corrected chi connectivity index (χ4v) is 2.88. The van der Waals surface area contributed by atoms with Crippen molar-refractivity contribution < 1.29 is 14.3 Å². The number of amides is 1. The number of fused-ring (bicyclic) bond motifs is 1. The highest BCUT2D eigenvalue weighted by Gasteiger charge is 2.18. The first-order valence-electron chi connectivity index (χ1n) is 7.16. The second-order valence-corrected chi connectivity index (χ2v) is 6.08. The van der Waals surface area contributed by atoms with Crippen molar-refractivity contribution in [3.05, 3.63) is 57.6 Å². The van der Waals surface area contributed by atoms with E-state index in [0.29, 0.717) is 27.2 Å². The van der Waals surface area contributed by atoms with E-state index in [2.05, 4.69) is 21.2 Å². The van der Waals surface area contributed by atoms with Crippen LogP contribution in [0.2, 0.25) is 0 Å². The number of nitrogens with zero attached hydrogens (tertiary/aromatic N) is 1. The van der Waals surface area contributed by atoms with Crippen LogP contribution in [0, 0.1) is 18.3 Å². The Balaban J connectivity index is 1.86. The third-order valence-corrected chi connectivity index (χ3v) is 3.99. The van der Waals surface area contributed by atoms with Gasteiger partial charge in [-0.25, -0.2) is 0 Å². The van der Waals surface area contributed by atoms with Crippen molar-refractivity contribution in [3.8, 4) is 17.6 Å². The molecule has 0 saturated carbocycles. The van der Waals surface area contributed by atoms with Crippen LogP contribution in [0.1, 0.15) is 11.1 Å². The average molecular weight is 385 g/mol. The normalized spacial score (nSPS) is 12.6. The molecule has 0 spiro atoms. The Morgan fingerprint density at radius 3 is 2.92 bits per heavy atom. The molecule has 0 aliphatic carbocycles. The van der Waals surface area contributed by atoms with Crippen LogP contribution in [0.4, 0.5) is 5.69 Å². The molecule has 1 heterocycles. The van der Waals surface area contributed by atoms with Gasteiger partial charge < -0.3 is 14.8 Å². The number of hydrogen-bond donors (Lipinski definition) is 1. The molecule has 2 aromatic rings. The van der Waals surface area contributed by atoms with Gasteiger partial charge in [-0.15, -0.1) is 0 Å². The number of carbonyl (C=O) groups excluding carboxylic acids is 1. The highest BCUT2D eigenvalue weighted by molar-refractivity contribution is 9.10. The van der Waals surface area contributed by atoms with E-state index in [1.165, 1.54) is 6.08 Å². The maximum atomic E-state index is 12.3. The minimum absolute atomic E-state index is 0.00210. The van der Waals surface area contributed by atoms with Gasteiger partial charge in [0.1, 0.15) is 11.6 Å². The molecule has 0 radical (unpaired) electrons. The number of hydrogen-bond acceptors (Lipinski definition) is 4. The van der Waals surface area contributed by atoms with Gasteiger partial charge in [-0.2, -0.15) is 5.26 Å². The van der Waals surface area contributed by atoms with Gasteiger partial charge in [-0.05, 0) is 64.3 Å². The van der Waals surface area contributed by atoms with Gasteiger partial charge >= 0.3 is 0 Å². The summed E-state index contributed by atoms with van der Waals surface area (Å²) >= 11 is 3.39. The van der Waals surface area contributed by atoms with E-state index in [1.807, 2.05) is 31.2 Å². The van der Waals surface area contributed by atoms with Crippen LogP contribution in [0.25, 0.3) is 6.08 Å². The van der Waals surface area contributed by atoms with Crippen molar-refractivity contribution in [3.63, 3.8) is 0 Å². The Morgan fingerprint density at radius 1 is 1.33 bits per heavy atom. The minimum atomic E-state index is -0.461. The number of anilines is 1. The first-order chi connectivity index (χ1) is 11.6. The molecule has 1 aliphatic rings. The molecule has 5 nitrogen and oxygen atoms in total. The monoisotopic (exact) mass is 384 g/mol. The van der Waals surface area contributed by atoms with Gasteiger partial charge in [-0.3, -0.25) is 4.79 Å². The molecular weight excluding hydrogens is 372 g/mol. The third kappa shape index (κ3) is 3.42. The molecule has 0 fully saturated rings. The van der Waals surface area contributed by atoms with Gasteiger partial charge in [0.2, 0.25) is 6.79 Å². The van der Waals surface area contributed by atoms with Gasteiger partial charge in [0.15, 0.2) is 11.5 Å². The number of halogens is 1. The number of carbonyl (C=O) groups is 1. The number of rotatable bonds is 3. The van der Waals surface area contributed by atoms with Crippen molar-refractivity contribution >= 4 is 33.6 Å². The zero-order valence-electron chi connectivity index (χ0n) is 12.8. The summed E-state index contributed by atoms with van der Waals surface area (Å²) in [5.74, 6) is 0.735. The lowest BCUT2D eigenvalue weighted by Gasteiger charge is -2.06. The molecule has 6 heteroatoms. The number of ether oxygens (including phenoxy) is 2. The Morgan fingerprint density at radius 2 is 2.17 bits per heavy atom. The molecule has 3 rings (SSSR count). The Hall–Kier alpha value is -2.78. The van der Waals surface area contributed by atoms with E-state index in [1.54, 1.807) is 18.2 Å². The van der Waals surface area contributed by atoms with Crippen molar-refractivity contribution in [2.24, 2.45) is 0 Å². The molecule has 1 aliphatic heterocycles. The quantitative estimate of drug-likeness (QED) is 0.640. The molecule has 2 aromatic carbocycles. The van der Waals surface area contributed by atoms with Gasteiger partial charge in [-0.1, -0.05) is 12.1 Å². The van der Waals surface area contributed by atoms with E-state index >= 15 is 0 Å². The highest BCUT2D eigenvalue weighted by atomic mass is 79.9. The number of aryl methyl sites for hydroxylation is 1. The summed E-state index contributed by atoms with van der Waals surface area (Å²) in [6, 6.07) is 12.8. The van der Waals surface area contributed by atoms with Crippen molar-refractivity contribution in [1.29, 1.82) is 5.26 Å². The van der Waals surface area contributed by atoms with Crippen LogP contribution in [0.5, 0.6) is 11.5 Å². The number of benzene rings is 2. The Bertz CT molecular complexity index is 884. The molecule has 0 bridgehead atoms. The van der Waals surface area contributed by atoms with Crippen LogP contribution >= 0.6 is 15.9 Å². The molecule has 0 saturated heterocycles. The molecule has 0 atom stereocenters. The Kier molecular flexibility index (Phi) is 4.54. The topological polar surface area (TPSA) is 71.4 Å². The number of nitrogens with one attached hydrogen (secondary N) is 1. The van der Waals surface area contributed by atoms with Crippen molar-refractivity contribution in [2.75, 3.05) is 12.1 Å². The first-order valence-corrected chi connectivity index (χ1v) is 7.95. The van der Waals surface area contributed by atoms with E-state index in [9.17, 15) is 10.1 Å². The summed E-state index contributed by atoms with van der Waals surface area (Å²) in [6.45, 7) is 2.08. The van der Waals surface area contributed by atoms with Crippen molar-refractivity contribution in [1.82, 2.24) is 0 Å². The smallest absolute Gasteiger partial charge is 0.266 e. The zero-order chi connectivity index (χ0) is 17.1. The largest absolute Gasteiger partial charge is 0.454 e. The predicted octanol–water partition coefficient (Wildman–Crippen LogP) is 4.03. The van der Waals surface area contributed by atoms with E-state index < -0.39 is 5.91 Å². The standard InChI is InChI=1S/C18H13BrN2O3/c1-11-3-2-4-14(5-11)21-18(22)13(9-20)6-12-7-15(19)17-16(8-12)23-10-24-17/h2-8H,10H2,1H3,(H,21,22)/b13-6+. The molecule has 24 heavy (non-hydrogen) atoms. The summed E-state index contributed by atoms with van der Waals surface area (Å²) in [7, 11) is 0. The number of nitriles is 1. The summed E-state index contributed by atoms with van der Waals surface area (Å²) in [5, 5.41) is 12.0. The first kappa shape index (κ1) is 16.1. The molecular formula is C18H13BrN2O3. The summed E-state index contributed by atoms with van der Waals surface area (Å²) in [4.78, 5) is 12.3. The van der Waals surface area contributed by atoms with Gasteiger partial charge in [0.05, 0.1) is 4.47 Å². The van der Waals surface area contributed by atoms with Crippen LogP contribution < -0.4 is 14.8 Å². The van der Waals surface area contributed by atoms with E-state index in [-0.39, 0.29) is 12.4 Å². The predicted molar refractivity (Wildman–Crippen MR) is 93.7 cm³/mol. The van der Waals surface area contributed by atoms with Crippen LogP contribution in [-0.2, 0) is 4.79 Å². The summed E-state index contributed by atoms with van der Waals surface area (Å²) in [5.41, 5.74) is 2.34. The lowest BCUT2D eigenvalue weighted by molar-refractivity contribution is -0.112. The van der Waals surface area contributed by atoms with Crippen LogP contribution in [0.3, 0.4) is 0 Å². The van der Waals surface area contributed by atoms with E-state index in [0.717, 1.165) is 5.56 Å². The van der Waals surface area contributed by atoms with E-state index in [4.69, 9.17) is 9.47 Å². The lowest BCUT2D eigenvalue weighted by Crippen LogP contribution is -2.13. The third-order valence-electron chi connectivity index (χ3n) is 3.40. The molecule has 120 valence electrons. The summed E-state index contributed by atoms with van der Waals surface area (Å²) < 4.78 is 11.4. The fourth-order valence-electron chi connectivity index (χ4n) is 2.31. The van der Waals surface area contributed by atoms with Gasteiger partial charge in [0, 0.05) is 5.69 Å². The molecule has 0 aromatic heterocycles.